The molecule has 0 saturated carbocycles. The molecule has 8 heteroatoms. The summed E-state index contributed by atoms with van der Waals surface area (Å²) in [6.45, 7) is 5.52. The van der Waals surface area contributed by atoms with E-state index in [1.807, 2.05) is 6.92 Å². The number of aromatic nitrogens is 2. The summed E-state index contributed by atoms with van der Waals surface area (Å²) in [4.78, 5) is 12.3. The first-order valence-electron chi connectivity index (χ1n) is 7.82. The molecule has 130 valence electrons. The zero-order chi connectivity index (χ0) is 17.7. The number of hydrogen-bond donors (Lipinski definition) is 3. The van der Waals surface area contributed by atoms with Gasteiger partial charge in [0.15, 0.2) is 5.69 Å². The fraction of sp³-hybridized carbons (Fsp3) is 0.375. The number of hydrogen-bond acceptors (Lipinski definition) is 4. The minimum absolute atomic E-state index is 0.0517. The Morgan fingerprint density at radius 3 is 2.58 bits per heavy atom. The summed E-state index contributed by atoms with van der Waals surface area (Å²) < 4.78 is 26.4. The fourth-order valence-electron chi connectivity index (χ4n) is 2.21. The van der Waals surface area contributed by atoms with Gasteiger partial charge in [0, 0.05) is 11.4 Å². The van der Waals surface area contributed by atoms with Gasteiger partial charge in [-0.1, -0.05) is 19.9 Å². The van der Waals surface area contributed by atoms with Gasteiger partial charge in [0.1, 0.15) is 0 Å². The number of aryl methyl sites for hydroxylation is 1. The molecule has 0 fully saturated rings. The van der Waals surface area contributed by atoms with Crippen LogP contribution in [-0.4, -0.2) is 30.3 Å². The molecule has 0 unspecified atom stereocenters. The second-order valence-corrected chi connectivity index (χ2v) is 7.33. The Morgan fingerprint density at radius 2 is 1.96 bits per heavy atom. The predicted molar refractivity (Wildman–Crippen MR) is 94.8 cm³/mol. The Bertz CT molecular complexity index is 828. The Labute approximate surface area is 141 Å². The van der Waals surface area contributed by atoms with E-state index in [1.165, 1.54) is 0 Å². The smallest absolute Gasteiger partial charge is 0.276 e. The number of rotatable bonds is 7. The summed E-state index contributed by atoms with van der Waals surface area (Å²) in [5.74, 6) is -0.293. The van der Waals surface area contributed by atoms with Crippen LogP contribution in [0.2, 0.25) is 0 Å². The van der Waals surface area contributed by atoms with Crippen LogP contribution >= 0.6 is 0 Å². The topological polar surface area (TPSA) is 104 Å². The summed E-state index contributed by atoms with van der Waals surface area (Å²) in [5, 5.41) is 9.53. The van der Waals surface area contributed by atoms with Gasteiger partial charge < -0.3 is 5.32 Å². The number of nitrogens with one attached hydrogen (secondary N) is 3. The zero-order valence-electron chi connectivity index (χ0n) is 14.0. The maximum Gasteiger partial charge on any atom is 0.276 e. The first-order valence-corrected chi connectivity index (χ1v) is 9.47. The number of carbonyl (C=O) groups is 1. The molecule has 0 aliphatic rings. The minimum atomic E-state index is -3.38. The lowest BCUT2D eigenvalue weighted by atomic mass is 10.1. The van der Waals surface area contributed by atoms with Gasteiger partial charge in [0.05, 0.1) is 11.4 Å². The van der Waals surface area contributed by atoms with Crippen molar-refractivity contribution in [3.8, 4) is 0 Å². The highest BCUT2D eigenvalue weighted by Gasteiger charge is 2.15. The third-order valence-electron chi connectivity index (χ3n) is 3.56. The lowest BCUT2D eigenvalue weighted by Gasteiger charge is -2.13. The van der Waals surface area contributed by atoms with E-state index in [9.17, 15) is 13.2 Å². The summed E-state index contributed by atoms with van der Waals surface area (Å²) in [6, 6.07) is 6.77. The minimum Gasteiger partial charge on any atom is -0.320 e. The number of H-pyrrole nitrogens is 1. The van der Waals surface area contributed by atoms with Gasteiger partial charge in [-0.25, -0.2) is 8.42 Å². The number of benzene rings is 1. The van der Waals surface area contributed by atoms with Crippen molar-refractivity contribution >= 4 is 27.3 Å². The maximum atomic E-state index is 12.3. The van der Waals surface area contributed by atoms with E-state index in [1.54, 1.807) is 38.1 Å². The molecule has 24 heavy (non-hydrogen) atoms. The van der Waals surface area contributed by atoms with E-state index in [0.29, 0.717) is 29.1 Å². The van der Waals surface area contributed by atoms with Crippen LogP contribution in [0.15, 0.2) is 24.3 Å². The van der Waals surface area contributed by atoms with Crippen LogP contribution in [0.25, 0.3) is 0 Å². The van der Waals surface area contributed by atoms with E-state index in [2.05, 4.69) is 20.2 Å². The molecule has 0 aliphatic carbocycles. The van der Waals surface area contributed by atoms with Crippen LogP contribution in [-0.2, 0) is 16.4 Å². The number of anilines is 2. The van der Waals surface area contributed by atoms with E-state index in [-0.39, 0.29) is 11.7 Å². The van der Waals surface area contributed by atoms with Crippen molar-refractivity contribution < 1.29 is 13.2 Å². The highest BCUT2D eigenvalue weighted by Crippen LogP contribution is 2.24. The average Bonchev–Trinajstić information content (AvgIpc) is 3.00. The molecular weight excluding hydrogens is 328 g/mol. The number of amides is 1. The van der Waals surface area contributed by atoms with Crippen molar-refractivity contribution in [1.29, 1.82) is 0 Å². The number of nitrogens with zero attached hydrogens (tertiary/aromatic N) is 1. The normalized spacial score (nSPS) is 11.3. The molecule has 0 bridgehead atoms. The molecule has 1 heterocycles. The summed E-state index contributed by atoms with van der Waals surface area (Å²) in [7, 11) is -3.38. The standard InChI is InChI=1S/C16H22N4O3S/c1-4-9-24(22,23)20-14-8-6-7-13(11(14)3)17-16(21)15-10-12(5-2)18-19-15/h6-8,10,20H,4-5,9H2,1-3H3,(H,17,21)(H,18,19). The van der Waals surface area contributed by atoms with Crippen LogP contribution in [0, 0.1) is 6.92 Å². The monoisotopic (exact) mass is 350 g/mol. The average molecular weight is 350 g/mol. The Morgan fingerprint density at radius 1 is 1.25 bits per heavy atom. The second-order valence-electron chi connectivity index (χ2n) is 5.49. The molecule has 1 aromatic heterocycles. The van der Waals surface area contributed by atoms with E-state index < -0.39 is 10.0 Å². The molecule has 3 N–H and O–H groups in total. The molecule has 0 radical (unpaired) electrons. The van der Waals surface area contributed by atoms with Gasteiger partial charge in [0.25, 0.3) is 5.91 Å². The molecule has 2 rings (SSSR count). The summed E-state index contributed by atoms with van der Waals surface area (Å²) in [5.41, 5.74) is 2.81. The lowest BCUT2D eigenvalue weighted by Crippen LogP contribution is -2.18. The van der Waals surface area contributed by atoms with E-state index in [0.717, 1.165) is 12.1 Å². The number of carbonyl (C=O) groups excluding carboxylic acids is 1. The van der Waals surface area contributed by atoms with Gasteiger partial charge in [-0.3, -0.25) is 14.6 Å². The first kappa shape index (κ1) is 18.0. The fourth-order valence-corrected chi connectivity index (χ4v) is 3.41. The molecule has 7 nitrogen and oxygen atoms in total. The van der Waals surface area contributed by atoms with Gasteiger partial charge >= 0.3 is 0 Å². The molecule has 1 amide bonds. The highest BCUT2D eigenvalue weighted by molar-refractivity contribution is 7.92. The summed E-state index contributed by atoms with van der Waals surface area (Å²) >= 11 is 0. The van der Waals surface area contributed by atoms with Crippen LogP contribution in [0.3, 0.4) is 0 Å². The molecule has 0 aliphatic heterocycles. The largest absolute Gasteiger partial charge is 0.320 e. The second kappa shape index (κ2) is 7.48. The van der Waals surface area contributed by atoms with Crippen molar-refractivity contribution in [3.63, 3.8) is 0 Å². The van der Waals surface area contributed by atoms with Gasteiger partial charge in [-0.05, 0) is 43.5 Å². The molecule has 2 aromatic rings. The Hall–Kier alpha value is -2.35. The van der Waals surface area contributed by atoms with Crippen molar-refractivity contribution in [2.24, 2.45) is 0 Å². The SMILES string of the molecule is CCCS(=O)(=O)Nc1cccc(NC(=O)c2cc(CC)[nH]n2)c1C. The van der Waals surface area contributed by atoms with Crippen molar-refractivity contribution in [3.05, 3.63) is 41.2 Å². The Balaban J connectivity index is 2.19. The van der Waals surface area contributed by atoms with E-state index >= 15 is 0 Å². The molecular formula is C16H22N4O3S. The van der Waals surface area contributed by atoms with Crippen LogP contribution in [0.5, 0.6) is 0 Å². The summed E-state index contributed by atoms with van der Waals surface area (Å²) in [6.07, 6.45) is 1.29. The third-order valence-corrected chi connectivity index (χ3v) is 5.04. The maximum absolute atomic E-state index is 12.3. The van der Waals surface area contributed by atoms with E-state index in [4.69, 9.17) is 0 Å². The molecule has 0 spiro atoms. The molecule has 0 saturated heterocycles. The molecule has 1 aromatic carbocycles. The quantitative estimate of drug-likeness (QED) is 0.714. The predicted octanol–water partition coefficient (Wildman–Crippen LogP) is 2.68. The van der Waals surface area contributed by atoms with Crippen molar-refractivity contribution in [2.75, 3.05) is 15.8 Å². The zero-order valence-corrected chi connectivity index (χ0v) is 14.8. The number of sulfonamides is 1. The lowest BCUT2D eigenvalue weighted by molar-refractivity contribution is 0.102. The first-order chi connectivity index (χ1) is 11.4. The van der Waals surface area contributed by atoms with Crippen molar-refractivity contribution in [2.45, 2.75) is 33.6 Å². The van der Waals surface area contributed by atoms with Crippen LogP contribution < -0.4 is 10.0 Å². The van der Waals surface area contributed by atoms with Crippen molar-refractivity contribution in [1.82, 2.24) is 10.2 Å². The van der Waals surface area contributed by atoms with Gasteiger partial charge in [-0.2, -0.15) is 5.10 Å². The highest BCUT2D eigenvalue weighted by atomic mass is 32.2. The third kappa shape index (κ3) is 4.35. The Kier molecular flexibility index (Phi) is 5.61. The number of aromatic amines is 1. The van der Waals surface area contributed by atoms with Crippen LogP contribution in [0.1, 0.15) is 42.0 Å². The van der Waals surface area contributed by atoms with Crippen LogP contribution in [0.4, 0.5) is 11.4 Å². The van der Waals surface area contributed by atoms with Gasteiger partial charge in [-0.15, -0.1) is 0 Å². The molecule has 0 atom stereocenters. The van der Waals surface area contributed by atoms with Gasteiger partial charge in [0.2, 0.25) is 10.0 Å².